The molecule has 0 saturated carbocycles. The fourth-order valence-electron chi connectivity index (χ4n) is 2.95. The molecule has 3 aromatic rings. The Kier molecular flexibility index (Phi) is 4.23. The zero-order valence-electron chi connectivity index (χ0n) is 13.9. The molecule has 0 spiro atoms. The molecule has 1 aliphatic heterocycles. The predicted molar refractivity (Wildman–Crippen MR) is 98.0 cm³/mol. The number of fused-ring (bicyclic) bond motifs is 1. The van der Waals surface area contributed by atoms with E-state index in [-0.39, 0.29) is 5.91 Å². The highest BCUT2D eigenvalue weighted by Crippen LogP contribution is 2.29. The number of aromatic nitrogens is 2. The average Bonchev–Trinajstić information content (AvgIpc) is 3.34. The molecule has 6 nitrogen and oxygen atoms in total. The summed E-state index contributed by atoms with van der Waals surface area (Å²) in [5.74, 6) is 0.993. The molecule has 25 heavy (non-hydrogen) atoms. The lowest BCUT2D eigenvalue weighted by Crippen LogP contribution is -2.13. The minimum Gasteiger partial charge on any atom is -0.374 e. The van der Waals surface area contributed by atoms with Crippen LogP contribution >= 0.6 is 11.3 Å². The van der Waals surface area contributed by atoms with Gasteiger partial charge in [-0.15, -0.1) is 0 Å². The van der Waals surface area contributed by atoms with Gasteiger partial charge >= 0.3 is 0 Å². The number of anilines is 2. The van der Waals surface area contributed by atoms with Crippen LogP contribution in [0, 0.1) is 0 Å². The number of nitrogens with one attached hydrogen (secondary N) is 1. The van der Waals surface area contributed by atoms with Crippen molar-refractivity contribution in [2.24, 2.45) is 0 Å². The SMILES string of the molecule is CN1CCc2cc(NC(=O)CCc3nc(-c4ccsc4)no3)ccc21. The Balaban J connectivity index is 1.34. The predicted octanol–water partition coefficient (Wildman–Crippen LogP) is 3.36. The summed E-state index contributed by atoms with van der Waals surface area (Å²) >= 11 is 1.58. The Bertz CT molecular complexity index is 888. The van der Waals surface area contributed by atoms with Gasteiger partial charge < -0.3 is 14.7 Å². The third kappa shape index (κ3) is 3.41. The number of benzene rings is 1. The van der Waals surface area contributed by atoms with Crippen molar-refractivity contribution in [2.45, 2.75) is 19.3 Å². The van der Waals surface area contributed by atoms with Crippen LogP contribution in [0.1, 0.15) is 17.9 Å². The number of amides is 1. The maximum atomic E-state index is 12.2. The van der Waals surface area contributed by atoms with Crippen LogP contribution in [-0.2, 0) is 17.6 Å². The number of nitrogens with zero attached hydrogens (tertiary/aromatic N) is 3. The molecule has 0 unspecified atom stereocenters. The van der Waals surface area contributed by atoms with E-state index in [0.717, 1.165) is 24.2 Å². The first-order chi connectivity index (χ1) is 12.2. The van der Waals surface area contributed by atoms with Crippen LogP contribution in [0.4, 0.5) is 11.4 Å². The fourth-order valence-corrected chi connectivity index (χ4v) is 3.59. The maximum Gasteiger partial charge on any atom is 0.227 e. The summed E-state index contributed by atoms with van der Waals surface area (Å²) in [5, 5.41) is 10.8. The summed E-state index contributed by atoms with van der Waals surface area (Å²) in [7, 11) is 2.08. The molecule has 1 aliphatic rings. The molecular weight excluding hydrogens is 336 g/mol. The van der Waals surface area contributed by atoms with E-state index in [1.165, 1.54) is 11.3 Å². The zero-order chi connectivity index (χ0) is 17.2. The number of carbonyl (C=O) groups excluding carboxylic acids is 1. The second kappa shape index (κ2) is 6.68. The number of hydrogen-bond donors (Lipinski definition) is 1. The zero-order valence-corrected chi connectivity index (χ0v) is 14.7. The van der Waals surface area contributed by atoms with Gasteiger partial charge in [-0.25, -0.2) is 0 Å². The first-order valence-corrected chi connectivity index (χ1v) is 9.12. The van der Waals surface area contributed by atoms with E-state index in [2.05, 4.69) is 39.5 Å². The van der Waals surface area contributed by atoms with Crippen molar-refractivity contribution >= 4 is 28.6 Å². The van der Waals surface area contributed by atoms with Crippen LogP contribution in [0.2, 0.25) is 0 Å². The van der Waals surface area contributed by atoms with Gasteiger partial charge in [-0.2, -0.15) is 16.3 Å². The third-order valence-corrected chi connectivity index (χ3v) is 4.99. The number of likely N-dealkylation sites (N-methyl/N-ethyl adjacent to an activating group) is 1. The number of thiophene rings is 1. The summed E-state index contributed by atoms with van der Waals surface area (Å²) in [6.07, 6.45) is 1.75. The molecule has 7 heteroatoms. The maximum absolute atomic E-state index is 12.2. The van der Waals surface area contributed by atoms with E-state index < -0.39 is 0 Å². The molecule has 4 rings (SSSR count). The lowest BCUT2D eigenvalue weighted by molar-refractivity contribution is -0.116. The van der Waals surface area contributed by atoms with Crippen molar-refractivity contribution in [1.29, 1.82) is 0 Å². The summed E-state index contributed by atoms with van der Waals surface area (Å²) in [6.45, 7) is 1.02. The molecular formula is C18H18N4O2S. The summed E-state index contributed by atoms with van der Waals surface area (Å²) in [5.41, 5.74) is 4.29. The van der Waals surface area contributed by atoms with E-state index in [9.17, 15) is 4.79 Å². The summed E-state index contributed by atoms with van der Waals surface area (Å²) < 4.78 is 5.22. The molecule has 0 atom stereocenters. The van der Waals surface area contributed by atoms with Crippen molar-refractivity contribution in [1.82, 2.24) is 10.1 Å². The third-order valence-electron chi connectivity index (χ3n) is 4.30. The van der Waals surface area contributed by atoms with E-state index in [0.29, 0.717) is 24.6 Å². The second-order valence-corrected chi connectivity index (χ2v) is 6.87. The lowest BCUT2D eigenvalue weighted by Gasteiger charge is -2.12. The average molecular weight is 354 g/mol. The quantitative estimate of drug-likeness (QED) is 0.761. The van der Waals surface area contributed by atoms with Gasteiger partial charge in [-0.3, -0.25) is 4.79 Å². The topological polar surface area (TPSA) is 71.3 Å². The molecule has 0 saturated heterocycles. The fraction of sp³-hybridized carbons (Fsp3) is 0.278. The summed E-state index contributed by atoms with van der Waals surface area (Å²) in [6, 6.07) is 8.00. The molecule has 1 N–H and O–H groups in total. The van der Waals surface area contributed by atoms with Crippen molar-refractivity contribution in [3.05, 3.63) is 46.5 Å². The van der Waals surface area contributed by atoms with Gasteiger partial charge in [0.15, 0.2) is 0 Å². The van der Waals surface area contributed by atoms with E-state index in [1.807, 2.05) is 22.9 Å². The molecule has 0 aliphatic carbocycles. The summed E-state index contributed by atoms with van der Waals surface area (Å²) in [4.78, 5) is 18.7. The van der Waals surface area contributed by atoms with Gasteiger partial charge in [-0.1, -0.05) is 5.16 Å². The second-order valence-electron chi connectivity index (χ2n) is 6.09. The van der Waals surface area contributed by atoms with Gasteiger partial charge in [0.2, 0.25) is 17.6 Å². The highest BCUT2D eigenvalue weighted by molar-refractivity contribution is 7.08. The van der Waals surface area contributed by atoms with Gasteiger partial charge in [-0.05, 0) is 41.6 Å². The molecule has 128 valence electrons. The van der Waals surface area contributed by atoms with Crippen LogP contribution in [0.3, 0.4) is 0 Å². The first-order valence-electron chi connectivity index (χ1n) is 8.18. The standard InChI is InChI=1S/C18H18N4O2S/c1-22-8-6-12-10-14(2-3-15(12)22)19-16(23)4-5-17-20-18(21-24-17)13-7-9-25-11-13/h2-3,7,9-11H,4-6,8H2,1H3,(H,19,23). The number of carbonyl (C=O) groups is 1. The highest BCUT2D eigenvalue weighted by atomic mass is 32.1. The number of aryl methyl sites for hydroxylation is 1. The molecule has 3 heterocycles. The Morgan fingerprint density at radius 3 is 3.16 bits per heavy atom. The lowest BCUT2D eigenvalue weighted by atomic mass is 10.1. The van der Waals surface area contributed by atoms with Gasteiger partial charge in [0.05, 0.1) is 0 Å². The molecule has 0 fully saturated rings. The van der Waals surface area contributed by atoms with Gasteiger partial charge in [0.25, 0.3) is 0 Å². The molecule has 1 aromatic carbocycles. The van der Waals surface area contributed by atoms with E-state index in [4.69, 9.17) is 4.52 Å². The van der Waals surface area contributed by atoms with Crippen molar-refractivity contribution in [3.63, 3.8) is 0 Å². The normalized spacial score (nSPS) is 13.1. The van der Waals surface area contributed by atoms with Crippen LogP contribution in [-0.4, -0.2) is 29.6 Å². The Hall–Kier alpha value is -2.67. The van der Waals surface area contributed by atoms with Crippen LogP contribution in [0.5, 0.6) is 0 Å². The largest absolute Gasteiger partial charge is 0.374 e. The molecule has 2 aromatic heterocycles. The van der Waals surface area contributed by atoms with Crippen LogP contribution in [0.15, 0.2) is 39.5 Å². The number of hydrogen-bond acceptors (Lipinski definition) is 6. The van der Waals surface area contributed by atoms with Crippen molar-refractivity contribution in [2.75, 3.05) is 23.8 Å². The van der Waals surface area contributed by atoms with Crippen molar-refractivity contribution < 1.29 is 9.32 Å². The Morgan fingerprint density at radius 2 is 2.32 bits per heavy atom. The van der Waals surface area contributed by atoms with Crippen LogP contribution < -0.4 is 10.2 Å². The van der Waals surface area contributed by atoms with Crippen LogP contribution in [0.25, 0.3) is 11.4 Å². The van der Waals surface area contributed by atoms with Crippen molar-refractivity contribution in [3.8, 4) is 11.4 Å². The highest BCUT2D eigenvalue weighted by Gasteiger charge is 2.16. The molecule has 0 bridgehead atoms. The minimum absolute atomic E-state index is 0.0541. The smallest absolute Gasteiger partial charge is 0.227 e. The minimum atomic E-state index is -0.0541. The Morgan fingerprint density at radius 1 is 1.40 bits per heavy atom. The molecule has 0 radical (unpaired) electrons. The van der Waals surface area contributed by atoms with E-state index >= 15 is 0 Å². The first kappa shape index (κ1) is 15.8. The van der Waals surface area contributed by atoms with Gasteiger partial charge in [0, 0.05) is 48.8 Å². The molecule has 1 amide bonds. The number of rotatable bonds is 5. The monoisotopic (exact) mass is 354 g/mol. The Labute approximate surface area is 149 Å². The van der Waals surface area contributed by atoms with E-state index in [1.54, 1.807) is 11.3 Å². The van der Waals surface area contributed by atoms with Gasteiger partial charge in [0.1, 0.15) is 0 Å².